The van der Waals surface area contributed by atoms with Crippen LogP contribution in [0.3, 0.4) is 0 Å². The third kappa shape index (κ3) is 2.87. The highest BCUT2D eigenvalue weighted by Crippen LogP contribution is 2.24. The number of aryl methyl sites for hydroxylation is 1. The lowest BCUT2D eigenvalue weighted by Crippen LogP contribution is -2.16. The second-order valence-corrected chi connectivity index (χ2v) is 4.34. The average molecular weight is 281 g/mol. The number of rotatable bonds is 3. The summed E-state index contributed by atoms with van der Waals surface area (Å²) in [7, 11) is 0. The summed E-state index contributed by atoms with van der Waals surface area (Å²) in [6, 6.07) is 12.8. The Balaban J connectivity index is 2.42. The lowest BCUT2D eigenvalue weighted by Gasteiger charge is -2.09. The molecule has 1 amide bonds. The lowest BCUT2D eigenvalue weighted by atomic mass is 10.1. The van der Waals surface area contributed by atoms with Gasteiger partial charge in [0.1, 0.15) is 11.6 Å². The molecule has 0 aliphatic heterocycles. The number of nitrogens with zero attached hydrogens (tertiary/aromatic N) is 2. The molecule has 0 saturated carbocycles. The second-order valence-electron chi connectivity index (χ2n) is 4.34. The Labute approximate surface area is 120 Å². The van der Waals surface area contributed by atoms with Crippen molar-refractivity contribution in [1.82, 2.24) is 0 Å². The molecule has 0 radical (unpaired) electrons. The van der Waals surface area contributed by atoms with Gasteiger partial charge in [-0.2, -0.15) is 5.26 Å². The summed E-state index contributed by atoms with van der Waals surface area (Å²) in [6.07, 6.45) is 0. The van der Waals surface area contributed by atoms with E-state index in [2.05, 4.69) is 5.32 Å². The van der Waals surface area contributed by atoms with Gasteiger partial charge in [0.2, 0.25) is 0 Å². The highest BCUT2D eigenvalue weighted by molar-refractivity contribution is 6.08. The molecule has 0 heterocycles. The fourth-order valence-corrected chi connectivity index (χ4v) is 1.97. The molecule has 0 spiro atoms. The van der Waals surface area contributed by atoms with E-state index in [0.29, 0.717) is 16.8 Å². The topological polar surface area (TPSA) is 96.0 Å². The predicted octanol–water partition coefficient (Wildman–Crippen LogP) is 3.03. The van der Waals surface area contributed by atoms with Gasteiger partial charge in [-0.25, -0.2) is 0 Å². The van der Waals surface area contributed by atoms with Crippen LogP contribution in [0.15, 0.2) is 42.5 Å². The molecule has 0 aromatic heterocycles. The zero-order valence-electron chi connectivity index (χ0n) is 11.2. The summed E-state index contributed by atoms with van der Waals surface area (Å²) in [6.45, 7) is 1.62. The molecule has 21 heavy (non-hydrogen) atoms. The SMILES string of the molecule is Cc1cccc([N+](=O)[O-])c1C(=O)Nc1ccccc1C#N. The van der Waals surface area contributed by atoms with Gasteiger partial charge in [-0.3, -0.25) is 14.9 Å². The molecule has 0 bridgehead atoms. The van der Waals surface area contributed by atoms with Crippen LogP contribution >= 0.6 is 0 Å². The highest BCUT2D eigenvalue weighted by atomic mass is 16.6. The van der Waals surface area contributed by atoms with Crippen molar-refractivity contribution in [3.8, 4) is 6.07 Å². The van der Waals surface area contributed by atoms with Crippen molar-refractivity contribution in [2.24, 2.45) is 0 Å². The minimum absolute atomic E-state index is 0.00440. The van der Waals surface area contributed by atoms with Crippen LogP contribution in [0.25, 0.3) is 0 Å². The van der Waals surface area contributed by atoms with Crippen LogP contribution in [0.1, 0.15) is 21.5 Å². The molecule has 2 rings (SSSR count). The summed E-state index contributed by atoms with van der Waals surface area (Å²) in [5.74, 6) is -0.609. The number of amides is 1. The van der Waals surface area contributed by atoms with Gasteiger partial charge in [-0.15, -0.1) is 0 Å². The smallest absolute Gasteiger partial charge is 0.282 e. The Hall–Kier alpha value is -3.20. The first-order valence-corrected chi connectivity index (χ1v) is 6.09. The van der Waals surface area contributed by atoms with Crippen molar-refractivity contribution >= 4 is 17.3 Å². The van der Waals surface area contributed by atoms with Gasteiger partial charge in [0.05, 0.1) is 16.2 Å². The van der Waals surface area contributed by atoms with E-state index >= 15 is 0 Å². The van der Waals surface area contributed by atoms with Gasteiger partial charge in [-0.05, 0) is 24.6 Å². The number of nitrogens with one attached hydrogen (secondary N) is 1. The largest absolute Gasteiger partial charge is 0.321 e. The Morgan fingerprint density at radius 3 is 2.62 bits per heavy atom. The first-order chi connectivity index (χ1) is 10.0. The third-order valence-corrected chi connectivity index (χ3v) is 2.97. The van der Waals surface area contributed by atoms with E-state index in [9.17, 15) is 14.9 Å². The summed E-state index contributed by atoms with van der Waals surface area (Å²) >= 11 is 0. The van der Waals surface area contributed by atoms with Gasteiger partial charge < -0.3 is 5.32 Å². The van der Waals surface area contributed by atoms with Crippen molar-refractivity contribution in [3.05, 3.63) is 69.3 Å². The molecule has 0 atom stereocenters. The van der Waals surface area contributed by atoms with Crippen molar-refractivity contribution in [2.45, 2.75) is 6.92 Å². The van der Waals surface area contributed by atoms with E-state index in [4.69, 9.17) is 5.26 Å². The fourth-order valence-electron chi connectivity index (χ4n) is 1.97. The molecule has 6 nitrogen and oxygen atoms in total. The van der Waals surface area contributed by atoms with Gasteiger partial charge in [-0.1, -0.05) is 24.3 Å². The second kappa shape index (κ2) is 5.84. The molecular weight excluding hydrogens is 270 g/mol. The summed E-state index contributed by atoms with van der Waals surface area (Å²) < 4.78 is 0. The average Bonchev–Trinajstić information content (AvgIpc) is 2.47. The Morgan fingerprint density at radius 1 is 1.24 bits per heavy atom. The van der Waals surface area contributed by atoms with Gasteiger partial charge >= 0.3 is 0 Å². The van der Waals surface area contributed by atoms with Gasteiger partial charge in [0.15, 0.2) is 0 Å². The minimum Gasteiger partial charge on any atom is -0.321 e. The van der Waals surface area contributed by atoms with E-state index in [0.717, 1.165) is 0 Å². The molecule has 0 unspecified atom stereocenters. The maximum absolute atomic E-state index is 12.3. The monoisotopic (exact) mass is 281 g/mol. The first kappa shape index (κ1) is 14.2. The van der Waals surface area contributed by atoms with E-state index in [1.807, 2.05) is 6.07 Å². The standard InChI is InChI=1S/C15H11N3O3/c1-10-5-4-8-13(18(20)21)14(10)15(19)17-12-7-3-2-6-11(12)9-16/h2-8H,1H3,(H,17,19). The molecule has 0 aliphatic carbocycles. The van der Waals surface area contributed by atoms with Crippen LogP contribution in [0, 0.1) is 28.4 Å². The normalized spacial score (nSPS) is 9.71. The number of carbonyl (C=O) groups is 1. The molecule has 0 aliphatic rings. The summed E-state index contributed by atoms with van der Waals surface area (Å²) in [5.41, 5.74) is 0.845. The van der Waals surface area contributed by atoms with Crippen LogP contribution in [-0.4, -0.2) is 10.8 Å². The van der Waals surface area contributed by atoms with E-state index in [1.165, 1.54) is 12.1 Å². The van der Waals surface area contributed by atoms with Crippen molar-refractivity contribution in [1.29, 1.82) is 5.26 Å². The summed E-state index contributed by atoms with van der Waals surface area (Å²) in [4.78, 5) is 22.7. The van der Waals surface area contributed by atoms with Crippen LogP contribution in [0.4, 0.5) is 11.4 Å². The number of nitro groups is 1. The van der Waals surface area contributed by atoms with Crippen LogP contribution < -0.4 is 5.32 Å². The number of hydrogen-bond acceptors (Lipinski definition) is 4. The number of para-hydroxylation sites is 1. The maximum Gasteiger partial charge on any atom is 0.282 e. The quantitative estimate of drug-likeness (QED) is 0.690. The molecule has 1 N–H and O–H groups in total. The highest BCUT2D eigenvalue weighted by Gasteiger charge is 2.22. The van der Waals surface area contributed by atoms with Gasteiger partial charge in [0, 0.05) is 6.07 Å². The number of carbonyl (C=O) groups excluding carboxylic acids is 1. The number of anilines is 1. The van der Waals surface area contributed by atoms with Gasteiger partial charge in [0.25, 0.3) is 11.6 Å². The number of hydrogen-bond donors (Lipinski definition) is 1. The fraction of sp³-hybridized carbons (Fsp3) is 0.0667. The first-order valence-electron chi connectivity index (χ1n) is 6.09. The maximum atomic E-state index is 12.3. The van der Waals surface area contributed by atoms with E-state index in [1.54, 1.807) is 37.3 Å². The lowest BCUT2D eigenvalue weighted by molar-refractivity contribution is -0.385. The van der Waals surface area contributed by atoms with Crippen LogP contribution in [0.2, 0.25) is 0 Å². The Morgan fingerprint density at radius 2 is 1.95 bits per heavy atom. The third-order valence-electron chi connectivity index (χ3n) is 2.97. The number of nitro benzene ring substituents is 1. The van der Waals surface area contributed by atoms with Crippen LogP contribution in [-0.2, 0) is 0 Å². The van der Waals surface area contributed by atoms with Crippen molar-refractivity contribution < 1.29 is 9.72 Å². The van der Waals surface area contributed by atoms with E-state index < -0.39 is 10.8 Å². The Bertz CT molecular complexity index is 763. The number of benzene rings is 2. The van der Waals surface area contributed by atoms with Crippen molar-refractivity contribution in [2.75, 3.05) is 5.32 Å². The molecular formula is C15H11N3O3. The summed E-state index contributed by atoms with van der Waals surface area (Å²) in [5, 5.41) is 22.6. The minimum atomic E-state index is -0.609. The van der Waals surface area contributed by atoms with Crippen LogP contribution in [0.5, 0.6) is 0 Å². The molecule has 2 aromatic carbocycles. The zero-order valence-corrected chi connectivity index (χ0v) is 11.2. The molecule has 2 aromatic rings. The molecule has 0 saturated heterocycles. The predicted molar refractivity (Wildman–Crippen MR) is 76.9 cm³/mol. The molecule has 104 valence electrons. The zero-order chi connectivity index (χ0) is 15.4. The number of nitriles is 1. The van der Waals surface area contributed by atoms with E-state index in [-0.39, 0.29) is 11.3 Å². The molecule has 0 fully saturated rings. The van der Waals surface area contributed by atoms with Crippen molar-refractivity contribution in [3.63, 3.8) is 0 Å². The molecule has 6 heteroatoms. The Kier molecular flexibility index (Phi) is 3.95.